The third-order valence-corrected chi connectivity index (χ3v) is 8.50. The maximum absolute atomic E-state index is 12.5. The van der Waals surface area contributed by atoms with Gasteiger partial charge in [-0.2, -0.15) is 0 Å². The van der Waals surface area contributed by atoms with E-state index in [9.17, 15) is 18.0 Å². The molecule has 3 heterocycles. The van der Waals surface area contributed by atoms with Crippen molar-refractivity contribution in [1.29, 1.82) is 0 Å². The van der Waals surface area contributed by atoms with Gasteiger partial charge in [-0.1, -0.05) is 11.6 Å². The number of carbonyl (C=O) groups is 2. The average Bonchev–Trinajstić information content (AvgIpc) is 3.24. The first-order valence-electron chi connectivity index (χ1n) is 7.09. The maximum Gasteiger partial charge on any atom is 0.323 e. The van der Waals surface area contributed by atoms with Crippen LogP contribution in [0.2, 0.25) is 4.34 Å². The molecular weight excluding hydrogens is 394 g/mol. The summed E-state index contributed by atoms with van der Waals surface area (Å²) in [6.07, 6.45) is 1.60. The predicted molar refractivity (Wildman–Crippen MR) is 95.7 cm³/mol. The Morgan fingerprint density at radius 3 is 2.62 bits per heavy atom. The summed E-state index contributed by atoms with van der Waals surface area (Å²) in [6, 6.07) is 0.988. The summed E-state index contributed by atoms with van der Waals surface area (Å²) in [5.41, 5.74) is 0.399. The van der Waals surface area contributed by atoms with Crippen molar-refractivity contribution < 1.29 is 18.0 Å². The molecule has 2 aliphatic heterocycles. The number of sulfonamides is 1. The number of Topliss-reactive ketones (excluding diaryl/α,β-unsaturated/α-hetero) is 1. The molecule has 0 radical (unpaired) electrons. The Morgan fingerprint density at radius 2 is 2.00 bits per heavy atom. The fraction of sp³-hybridized carbons (Fsp3) is 0.385. The van der Waals surface area contributed by atoms with Gasteiger partial charge >= 0.3 is 6.03 Å². The number of urea groups is 1. The van der Waals surface area contributed by atoms with Gasteiger partial charge in [0, 0.05) is 18.5 Å². The van der Waals surface area contributed by atoms with Gasteiger partial charge in [0.1, 0.15) is 4.34 Å². The Kier molecular flexibility index (Phi) is 5.21. The summed E-state index contributed by atoms with van der Waals surface area (Å²) in [5.74, 6) is -0.613. The topological polar surface area (TPSA) is 95.6 Å². The SMILES string of the molecule is O=C(NC1=CSC(S(=O)(=O)N2CCCC2)C1=O)Nc1ccsc1Cl. The number of thioether (sulfide) groups is 1. The summed E-state index contributed by atoms with van der Waals surface area (Å²) in [5, 5.41) is 7.99. The normalized spacial score (nSPS) is 21.8. The van der Waals surface area contributed by atoms with Crippen LogP contribution in [0.5, 0.6) is 0 Å². The van der Waals surface area contributed by atoms with Crippen LogP contribution in [0.1, 0.15) is 12.8 Å². The molecule has 1 aromatic rings. The first kappa shape index (κ1) is 17.7. The highest BCUT2D eigenvalue weighted by atomic mass is 35.5. The molecule has 3 rings (SSSR count). The summed E-state index contributed by atoms with van der Waals surface area (Å²) in [6.45, 7) is 0.874. The van der Waals surface area contributed by atoms with Crippen molar-refractivity contribution in [1.82, 2.24) is 9.62 Å². The number of carbonyl (C=O) groups excluding carboxylic acids is 2. The van der Waals surface area contributed by atoms with E-state index >= 15 is 0 Å². The number of rotatable bonds is 4. The molecule has 11 heteroatoms. The minimum Gasteiger partial charge on any atom is -0.305 e. The first-order valence-corrected chi connectivity index (χ1v) is 10.8. The smallest absolute Gasteiger partial charge is 0.305 e. The first-order chi connectivity index (χ1) is 11.4. The van der Waals surface area contributed by atoms with Crippen molar-refractivity contribution in [3.05, 3.63) is 26.9 Å². The van der Waals surface area contributed by atoms with Crippen LogP contribution in [-0.4, -0.2) is 42.2 Å². The summed E-state index contributed by atoms with van der Waals surface area (Å²) in [4.78, 5) is 24.3. The Morgan fingerprint density at radius 1 is 1.29 bits per heavy atom. The van der Waals surface area contributed by atoms with Gasteiger partial charge in [0.25, 0.3) is 0 Å². The van der Waals surface area contributed by atoms with Gasteiger partial charge in [-0.05, 0) is 24.3 Å². The maximum atomic E-state index is 12.5. The highest BCUT2D eigenvalue weighted by Crippen LogP contribution is 2.33. The lowest BCUT2D eigenvalue weighted by Gasteiger charge is -2.19. The molecule has 1 saturated heterocycles. The van der Waals surface area contributed by atoms with E-state index < -0.39 is 26.4 Å². The van der Waals surface area contributed by atoms with Crippen LogP contribution in [0.4, 0.5) is 10.5 Å². The number of halogens is 1. The number of amides is 2. The van der Waals surface area contributed by atoms with E-state index in [4.69, 9.17) is 11.6 Å². The molecule has 7 nitrogen and oxygen atoms in total. The molecule has 24 heavy (non-hydrogen) atoms. The number of nitrogens with one attached hydrogen (secondary N) is 2. The van der Waals surface area contributed by atoms with Crippen molar-refractivity contribution in [2.45, 2.75) is 17.4 Å². The van der Waals surface area contributed by atoms with Gasteiger partial charge in [0.15, 0.2) is 4.58 Å². The third-order valence-electron chi connectivity index (χ3n) is 3.60. The number of hydrogen-bond donors (Lipinski definition) is 2. The molecule has 1 aromatic heterocycles. The van der Waals surface area contributed by atoms with Crippen molar-refractivity contribution >= 4 is 62.2 Å². The van der Waals surface area contributed by atoms with Crippen LogP contribution in [-0.2, 0) is 14.8 Å². The molecular formula is C13H14ClN3O4S3. The fourth-order valence-electron chi connectivity index (χ4n) is 2.41. The molecule has 1 unspecified atom stereocenters. The van der Waals surface area contributed by atoms with Gasteiger partial charge in [0.05, 0.1) is 11.4 Å². The predicted octanol–water partition coefficient (Wildman–Crippen LogP) is 2.43. The second kappa shape index (κ2) is 7.04. The zero-order valence-electron chi connectivity index (χ0n) is 12.3. The van der Waals surface area contributed by atoms with E-state index in [0.29, 0.717) is 23.1 Å². The number of ketones is 1. The van der Waals surface area contributed by atoms with Crippen LogP contribution in [0.25, 0.3) is 0 Å². The van der Waals surface area contributed by atoms with E-state index in [1.807, 2.05) is 0 Å². The minimum absolute atomic E-state index is 0.0309. The second-order valence-electron chi connectivity index (χ2n) is 5.20. The van der Waals surface area contributed by atoms with Crippen LogP contribution in [0, 0.1) is 0 Å². The number of allylic oxidation sites excluding steroid dienone is 1. The molecule has 0 bridgehead atoms. The van der Waals surface area contributed by atoms with Crippen molar-refractivity contribution in [3.8, 4) is 0 Å². The van der Waals surface area contributed by atoms with E-state index in [-0.39, 0.29) is 5.70 Å². The zero-order valence-corrected chi connectivity index (χ0v) is 15.5. The Labute approximate surface area is 152 Å². The van der Waals surface area contributed by atoms with Gasteiger partial charge in [0.2, 0.25) is 15.8 Å². The number of thiophene rings is 1. The van der Waals surface area contributed by atoms with Gasteiger partial charge in [-0.15, -0.1) is 23.1 Å². The molecule has 0 aliphatic carbocycles. The van der Waals surface area contributed by atoms with E-state index in [1.165, 1.54) is 21.1 Å². The summed E-state index contributed by atoms with van der Waals surface area (Å²) < 4.78 is 25.5. The standard InChI is InChI=1S/C13H14ClN3O4S3/c14-11-8(3-6-22-11)15-13(19)16-9-7-23-12(10(9)18)24(20,21)17-4-1-2-5-17/h3,6-7,12H,1-2,4-5H2,(H2,15,16,19). The highest BCUT2D eigenvalue weighted by Gasteiger charge is 2.43. The molecule has 0 aromatic carbocycles. The molecule has 0 spiro atoms. The molecule has 1 atom stereocenters. The molecule has 1 fully saturated rings. The largest absolute Gasteiger partial charge is 0.323 e. The van der Waals surface area contributed by atoms with E-state index in [1.54, 1.807) is 11.4 Å². The van der Waals surface area contributed by atoms with Crippen molar-refractivity contribution in [3.63, 3.8) is 0 Å². The van der Waals surface area contributed by atoms with Crippen LogP contribution >= 0.6 is 34.7 Å². The highest BCUT2D eigenvalue weighted by molar-refractivity contribution is 8.16. The van der Waals surface area contributed by atoms with E-state index in [0.717, 1.165) is 24.6 Å². The summed E-state index contributed by atoms with van der Waals surface area (Å²) in [7, 11) is -3.71. The number of nitrogens with zero attached hydrogens (tertiary/aromatic N) is 1. The molecule has 2 amide bonds. The molecule has 130 valence electrons. The van der Waals surface area contributed by atoms with Crippen molar-refractivity contribution in [2.75, 3.05) is 18.4 Å². The van der Waals surface area contributed by atoms with Gasteiger partial charge < -0.3 is 10.6 Å². The van der Waals surface area contributed by atoms with Crippen LogP contribution in [0.15, 0.2) is 22.6 Å². The number of anilines is 1. The average molecular weight is 408 g/mol. The zero-order chi connectivity index (χ0) is 17.3. The molecule has 2 N–H and O–H groups in total. The van der Waals surface area contributed by atoms with Crippen molar-refractivity contribution in [2.24, 2.45) is 0 Å². The monoisotopic (exact) mass is 407 g/mol. The quantitative estimate of drug-likeness (QED) is 0.799. The van der Waals surface area contributed by atoms with Crippen LogP contribution in [0.3, 0.4) is 0 Å². The second-order valence-corrected chi connectivity index (χ2v) is 10.0. The molecule has 2 aliphatic rings. The summed E-state index contributed by atoms with van der Waals surface area (Å²) >= 11 is 8.05. The third kappa shape index (κ3) is 3.47. The van der Waals surface area contributed by atoms with Gasteiger partial charge in [-0.3, -0.25) is 4.79 Å². The fourth-order valence-corrected chi connectivity index (χ4v) is 6.46. The lowest BCUT2D eigenvalue weighted by molar-refractivity contribution is -0.114. The Bertz CT molecular complexity index is 799. The van der Waals surface area contributed by atoms with Gasteiger partial charge in [-0.25, -0.2) is 17.5 Å². The van der Waals surface area contributed by atoms with Crippen LogP contribution < -0.4 is 10.6 Å². The number of hydrogen-bond acceptors (Lipinski definition) is 6. The minimum atomic E-state index is -3.71. The van der Waals surface area contributed by atoms with E-state index in [2.05, 4.69) is 10.6 Å². The lowest BCUT2D eigenvalue weighted by Crippen LogP contribution is -2.40. The Hall–Kier alpha value is -1.07. The Balaban J connectivity index is 1.63. The lowest BCUT2D eigenvalue weighted by atomic mass is 10.3. The molecule has 0 saturated carbocycles.